The van der Waals surface area contributed by atoms with Crippen LogP contribution in [0.4, 0.5) is 18.0 Å². The van der Waals surface area contributed by atoms with Gasteiger partial charge in [-0.25, -0.2) is 4.79 Å². The Morgan fingerprint density at radius 2 is 2.00 bits per heavy atom. The summed E-state index contributed by atoms with van der Waals surface area (Å²) in [6, 6.07) is 3.95. The lowest BCUT2D eigenvalue weighted by Crippen LogP contribution is -2.46. The number of halogens is 3. The normalized spacial score (nSPS) is 15.9. The average Bonchev–Trinajstić information content (AvgIpc) is 2.45. The standard InChI is InChI=1S/C14H17F3N2O2/c1-10-2-3-11(8-12(10)14(15,16)17)9-21-13(20)19-6-4-18-5-7-19/h2-3,8,18H,4-7,9H2,1H3. The SMILES string of the molecule is Cc1ccc(COC(=O)N2CCNCC2)cc1C(F)(F)F. The zero-order valence-electron chi connectivity index (χ0n) is 11.7. The van der Waals surface area contributed by atoms with Gasteiger partial charge in [-0.1, -0.05) is 12.1 Å². The second-order valence-corrected chi connectivity index (χ2v) is 4.94. The van der Waals surface area contributed by atoms with Crippen LogP contribution in [-0.4, -0.2) is 37.2 Å². The van der Waals surface area contributed by atoms with Crippen molar-refractivity contribution in [1.29, 1.82) is 0 Å². The van der Waals surface area contributed by atoms with Crippen molar-refractivity contribution in [3.63, 3.8) is 0 Å². The molecule has 21 heavy (non-hydrogen) atoms. The van der Waals surface area contributed by atoms with E-state index in [-0.39, 0.29) is 12.2 Å². The van der Waals surface area contributed by atoms with Crippen LogP contribution in [0.25, 0.3) is 0 Å². The summed E-state index contributed by atoms with van der Waals surface area (Å²) in [5.41, 5.74) is -0.214. The molecule has 0 radical (unpaired) electrons. The topological polar surface area (TPSA) is 41.6 Å². The maximum atomic E-state index is 12.8. The highest BCUT2D eigenvalue weighted by atomic mass is 19.4. The Morgan fingerprint density at radius 1 is 1.33 bits per heavy atom. The quantitative estimate of drug-likeness (QED) is 0.913. The van der Waals surface area contributed by atoms with Crippen LogP contribution >= 0.6 is 0 Å². The average molecular weight is 302 g/mol. The Morgan fingerprint density at radius 3 is 2.62 bits per heavy atom. The first-order chi connectivity index (χ1) is 9.88. The van der Waals surface area contributed by atoms with Crippen LogP contribution < -0.4 is 5.32 Å². The molecule has 0 atom stereocenters. The summed E-state index contributed by atoms with van der Waals surface area (Å²) < 4.78 is 43.5. The third-order valence-corrected chi connectivity index (χ3v) is 3.34. The Labute approximate surface area is 120 Å². The summed E-state index contributed by atoms with van der Waals surface area (Å²) in [7, 11) is 0. The van der Waals surface area contributed by atoms with Gasteiger partial charge in [-0.3, -0.25) is 0 Å². The first-order valence-corrected chi connectivity index (χ1v) is 6.67. The smallest absolute Gasteiger partial charge is 0.416 e. The predicted octanol–water partition coefficient (Wildman–Crippen LogP) is 2.56. The van der Waals surface area contributed by atoms with Gasteiger partial charge in [0.1, 0.15) is 6.61 Å². The van der Waals surface area contributed by atoms with Crippen molar-refractivity contribution in [1.82, 2.24) is 10.2 Å². The number of alkyl halides is 3. The molecule has 1 aromatic carbocycles. The Kier molecular flexibility index (Phi) is 4.72. The zero-order chi connectivity index (χ0) is 15.5. The van der Waals surface area contributed by atoms with Crippen LogP contribution in [0.3, 0.4) is 0 Å². The molecule has 1 aromatic rings. The van der Waals surface area contributed by atoms with Crippen molar-refractivity contribution in [3.8, 4) is 0 Å². The largest absolute Gasteiger partial charge is 0.445 e. The highest BCUT2D eigenvalue weighted by Gasteiger charge is 2.32. The fourth-order valence-corrected chi connectivity index (χ4v) is 2.15. The highest BCUT2D eigenvalue weighted by Crippen LogP contribution is 2.32. The van der Waals surface area contributed by atoms with E-state index in [2.05, 4.69) is 5.32 Å². The minimum atomic E-state index is -4.40. The van der Waals surface area contributed by atoms with Gasteiger partial charge in [-0.2, -0.15) is 13.2 Å². The van der Waals surface area contributed by atoms with Crippen LogP contribution in [0, 0.1) is 6.92 Å². The molecule has 1 fully saturated rings. The van der Waals surface area contributed by atoms with Gasteiger partial charge in [0.2, 0.25) is 0 Å². The summed E-state index contributed by atoms with van der Waals surface area (Å²) in [4.78, 5) is 13.3. The first kappa shape index (κ1) is 15.6. The maximum absolute atomic E-state index is 12.8. The third kappa shape index (κ3) is 4.10. The number of nitrogens with zero attached hydrogens (tertiary/aromatic N) is 1. The number of hydrogen-bond acceptors (Lipinski definition) is 3. The van der Waals surface area contributed by atoms with Gasteiger partial charge in [-0.05, 0) is 24.1 Å². The molecule has 1 heterocycles. The molecular weight excluding hydrogens is 285 g/mol. The number of ether oxygens (including phenoxy) is 1. The minimum absolute atomic E-state index is 0.152. The summed E-state index contributed by atoms with van der Waals surface area (Å²) in [5.74, 6) is 0. The molecule has 1 saturated heterocycles. The lowest BCUT2D eigenvalue weighted by atomic mass is 10.1. The van der Waals surface area contributed by atoms with E-state index >= 15 is 0 Å². The number of piperazine rings is 1. The minimum Gasteiger partial charge on any atom is -0.445 e. The first-order valence-electron chi connectivity index (χ1n) is 6.67. The van der Waals surface area contributed by atoms with Crippen LogP contribution in [0.1, 0.15) is 16.7 Å². The van der Waals surface area contributed by atoms with E-state index in [0.717, 1.165) is 6.07 Å². The summed E-state index contributed by atoms with van der Waals surface area (Å²) in [5, 5.41) is 3.10. The van der Waals surface area contributed by atoms with Crippen molar-refractivity contribution in [2.75, 3.05) is 26.2 Å². The van der Waals surface area contributed by atoms with Crippen LogP contribution in [0.2, 0.25) is 0 Å². The van der Waals surface area contributed by atoms with E-state index in [1.54, 1.807) is 0 Å². The number of carbonyl (C=O) groups is 1. The third-order valence-electron chi connectivity index (χ3n) is 3.34. The number of aryl methyl sites for hydroxylation is 1. The number of amides is 1. The molecule has 116 valence electrons. The number of benzene rings is 1. The Bertz CT molecular complexity index is 511. The van der Waals surface area contributed by atoms with E-state index in [1.807, 2.05) is 0 Å². The fraction of sp³-hybridized carbons (Fsp3) is 0.500. The van der Waals surface area contributed by atoms with Crippen LogP contribution in [0.15, 0.2) is 18.2 Å². The molecule has 4 nitrogen and oxygen atoms in total. The molecule has 1 amide bonds. The van der Waals surface area contributed by atoms with E-state index in [9.17, 15) is 18.0 Å². The molecule has 0 unspecified atom stereocenters. The Hall–Kier alpha value is -1.76. The molecule has 7 heteroatoms. The molecule has 0 spiro atoms. The van der Waals surface area contributed by atoms with E-state index in [4.69, 9.17) is 4.74 Å². The maximum Gasteiger partial charge on any atom is 0.416 e. The van der Waals surface area contributed by atoms with E-state index in [0.29, 0.717) is 31.7 Å². The van der Waals surface area contributed by atoms with Gasteiger partial charge in [0.05, 0.1) is 5.56 Å². The monoisotopic (exact) mass is 302 g/mol. The molecule has 0 saturated carbocycles. The number of hydrogen-bond donors (Lipinski definition) is 1. The molecular formula is C14H17F3N2O2. The molecule has 0 aromatic heterocycles. The van der Waals surface area contributed by atoms with Crippen molar-refractivity contribution in [3.05, 3.63) is 34.9 Å². The molecule has 1 N–H and O–H groups in total. The number of carbonyl (C=O) groups excluding carboxylic acids is 1. The second-order valence-electron chi connectivity index (χ2n) is 4.94. The summed E-state index contributed by atoms with van der Waals surface area (Å²) in [6.45, 7) is 3.71. The molecule has 0 aliphatic carbocycles. The summed E-state index contributed by atoms with van der Waals surface area (Å²) in [6.07, 6.45) is -4.89. The van der Waals surface area contributed by atoms with Crippen molar-refractivity contribution >= 4 is 6.09 Å². The van der Waals surface area contributed by atoms with Crippen molar-refractivity contribution < 1.29 is 22.7 Å². The molecule has 1 aliphatic heterocycles. The predicted molar refractivity (Wildman–Crippen MR) is 70.8 cm³/mol. The van der Waals surface area contributed by atoms with Gasteiger partial charge in [-0.15, -0.1) is 0 Å². The number of rotatable bonds is 2. The van der Waals surface area contributed by atoms with E-state index < -0.39 is 17.8 Å². The molecule has 1 aliphatic rings. The summed E-state index contributed by atoms with van der Waals surface area (Å²) >= 11 is 0. The van der Waals surface area contributed by atoms with Gasteiger partial charge in [0.25, 0.3) is 0 Å². The molecule has 0 bridgehead atoms. The second kappa shape index (κ2) is 6.34. The zero-order valence-corrected chi connectivity index (χ0v) is 11.7. The fourth-order valence-electron chi connectivity index (χ4n) is 2.15. The lowest BCUT2D eigenvalue weighted by Gasteiger charge is -2.26. The van der Waals surface area contributed by atoms with Crippen molar-refractivity contribution in [2.24, 2.45) is 0 Å². The lowest BCUT2D eigenvalue weighted by molar-refractivity contribution is -0.138. The molecule has 2 rings (SSSR count). The van der Waals surface area contributed by atoms with Gasteiger partial charge in [0, 0.05) is 26.2 Å². The highest BCUT2D eigenvalue weighted by molar-refractivity contribution is 5.67. The van der Waals surface area contributed by atoms with Gasteiger partial charge in [0.15, 0.2) is 0 Å². The number of nitrogens with one attached hydrogen (secondary N) is 1. The van der Waals surface area contributed by atoms with Crippen molar-refractivity contribution in [2.45, 2.75) is 19.7 Å². The Balaban J connectivity index is 1.98. The van der Waals surface area contributed by atoms with Crippen LogP contribution in [-0.2, 0) is 17.5 Å². The van der Waals surface area contributed by atoms with Gasteiger partial charge >= 0.3 is 12.3 Å². The van der Waals surface area contributed by atoms with E-state index in [1.165, 1.54) is 24.0 Å². The van der Waals surface area contributed by atoms with Crippen LogP contribution in [0.5, 0.6) is 0 Å². The van der Waals surface area contributed by atoms with Gasteiger partial charge < -0.3 is 15.0 Å².